The van der Waals surface area contributed by atoms with Gasteiger partial charge in [-0.05, 0) is 61.9 Å². The summed E-state index contributed by atoms with van der Waals surface area (Å²) >= 11 is 0. The summed E-state index contributed by atoms with van der Waals surface area (Å²) in [5.74, 6) is 1.11. The van der Waals surface area contributed by atoms with Crippen LogP contribution < -0.4 is 10.4 Å². The molecule has 1 spiro atoms. The molecule has 27 heavy (non-hydrogen) atoms. The number of rotatable bonds is 0. The predicted octanol–water partition coefficient (Wildman–Crippen LogP) is 5.20. The molecular weight excluding hydrogens is 324 g/mol. The molecule has 3 atom stereocenters. The topological polar surface area (TPSA) is 0 Å². The van der Waals surface area contributed by atoms with Crippen molar-refractivity contribution in [2.75, 3.05) is 0 Å². The fourth-order valence-electron chi connectivity index (χ4n) is 5.89. The van der Waals surface area contributed by atoms with E-state index in [9.17, 15) is 0 Å². The Labute approximate surface area is 158 Å². The van der Waals surface area contributed by atoms with Crippen LogP contribution in [0.25, 0.3) is 39.8 Å². The maximum absolute atomic E-state index is 4.40. The number of hydrogen-bond donors (Lipinski definition) is 0. The first-order valence-corrected chi connectivity index (χ1v) is 9.93. The molecule has 4 aliphatic rings. The van der Waals surface area contributed by atoms with Gasteiger partial charge in [0.05, 0.1) is 0 Å². The minimum absolute atomic E-state index is 0.0623. The van der Waals surface area contributed by atoms with Crippen LogP contribution in [0.4, 0.5) is 0 Å². The molecule has 0 aromatic heterocycles. The van der Waals surface area contributed by atoms with Gasteiger partial charge in [0.1, 0.15) is 0 Å². The van der Waals surface area contributed by atoms with Crippen LogP contribution in [0, 0.1) is 11.3 Å². The lowest BCUT2D eigenvalue weighted by Crippen LogP contribution is -2.32. The highest BCUT2D eigenvalue weighted by Crippen LogP contribution is 2.56. The third kappa shape index (κ3) is 1.57. The van der Waals surface area contributed by atoms with E-state index in [1.807, 2.05) is 0 Å². The van der Waals surface area contributed by atoms with E-state index in [1.165, 1.54) is 54.3 Å². The number of allylic oxidation sites excluding steroid dienone is 3. The molecule has 3 aromatic rings. The van der Waals surface area contributed by atoms with E-state index in [2.05, 4.69) is 73.9 Å². The lowest BCUT2D eigenvalue weighted by atomic mass is 9.62. The van der Waals surface area contributed by atoms with E-state index in [1.54, 1.807) is 0 Å². The first-order chi connectivity index (χ1) is 13.2. The first-order valence-electron chi connectivity index (χ1n) is 9.93. The standard InChI is InChI=1S/C27H20/c1-15-11-19-12-18-6-4-7-20-22-14-27(13-16(27)2)10-9-17-5-3-8-21(24(17)22)26(23(15)19)25(18)20/h3-10,12,14,19,23H,1-2,11,13H2. The van der Waals surface area contributed by atoms with Gasteiger partial charge in [0.15, 0.2) is 0 Å². The summed E-state index contributed by atoms with van der Waals surface area (Å²) in [6.07, 6.45) is 11.9. The molecule has 0 heterocycles. The van der Waals surface area contributed by atoms with Crippen molar-refractivity contribution in [2.24, 2.45) is 11.3 Å². The average molecular weight is 344 g/mol. The van der Waals surface area contributed by atoms with Crippen molar-refractivity contribution in [2.45, 2.75) is 18.8 Å². The number of fused-ring (bicyclic) bond motifs is 4. The number of hydrogen-bond acceptors (Lipinski definition) is 0. The molecule has 0 radical (unpaired) electrons. The summed E-state index contributed by atoms with van der Waals surface area (Å²) in [6, 6.07) is 13.7. The molecule has 0 N–H and O–H groups in total. The van der Waals surface area contributed by atoms with Gasteiger partial charge >= 0.3 is 0 Å². The zero-order valence-corrected chi connectivity index (χ0v) is 15.3. The van der Waals surface area contributed by atoms with Crippen molar-refractivity contribution in [3.8, 4) is 0 Å². The van der Waals surface area contributed by atoms with E-state index in [4.69, 9.17) is 0 Å². The van der Waals surface area contributed by atoms with Crippen LogP contribution in [0.3, 0.4) is 0 Å². The molecule has 0 saturated heterocycles. The second-order valence-electron chi connectivity index (χ2n) is 8.84. The molecule has 0 aliphatic heterocycles. The Morgan fingerprint density at radius 1 is 0.963 bits per heavy atom. The molecule has 0 bridgehead atoms. The Kier molecular flexibility index (Phi) is 2.29. The van der Waals surface area contributed by atoms with Crippen molar-refractivity contribution < 1.29 is 0 Å². The maximum Gasteiger partial charge on any atom is 0.0319 e. The minimum atomic E-state index is 0.0623. The largest absolute Gasteiger partial charge is 0.0992 e. The zero-order chi connectivity index (χ0) is 17.9. The molecule has 2 fully saturated rings. The second-order valence-corrected chi connectivity index (χ2v) is 8.84. The van der Waals surface area contributed by atoms with Gasteiger partial charge in [-0.1, -0.05) is 85.0 Å². The van der Waals surface area contributed by atoms with Gasteiger partial charge < -0.3 is 0 Å². The highest BCUT2D eigenvalue weighted by atomic mass is 14.5. The van der Waals surface area contributed by atoms with Gasteiger partial charge in [-0.3, -0.25) is 0 Å². The van der Waals surface area contributed by atoms with E-state index >= 15 is 0 Å². The average Bonchev–Trinajstić information content (AvgIpc) is 3.34. The smallest absolute Gasteiger partial charge is 0.0319 e. The van der Waals surface area contributed by atoms with Crippen molar-refractivity contribution in [3.05, 3.63) is 88.3 Å². The highest BCUT2D eigenvalue weighted by molar-refractivity contribution is 6.09. The van der Waals surface area contributed by atoms with Crippen LogP contribution in [0.1, 0.15) is 29.9 Å². The number of benzene rings is 3. The lowest BCUT2D eigenvalue weighted by Gasteiger charge is -2.41. The predicted molar refractivity (Wildman–Crippen MR) is 115 cm³/mol. The quantitative estimate of drug-likeness (QED) is 0.388. The van der Waals surface area contributed by atoms with E-state index in [-0.39, 0.29) is 5.41 Å². The summed E-state index contributed by atoms with van der Waals surface area (Å²) in [7, 11) is 0. The fraction of sp³-hybridized carbons (Fsp3) is 0.185. The summed E-state index contributed by atoms with van der Waals surface area (Å²) < 4.78 is 0. The van der Waals surface area contributed by atoms with Gasteiger partial charge in [-0.2, -0.15) is 0 Å². The third-order valence-electron chi connectivity index (χ3n) is 7.38. The molecule has 3 unspecified atom stereocenters. The van der Waals surface area contributed by atoms with Crippen LogP contribution in [-0.2, 0) is 0 Å². The van der Waals surface area contributed by atoms with E-state index in [0.29, 0.717) is 11.8 Å². The van der Waals surface area contributed by atoms with Crippen molar-refractivity contribution in [3.63, 3.8) is 0 Å². The van der Waals surface area contributed by atoms with E-state index in [0.717, 1.165) is 12.8 Å². The van der Waals surface area contributed by atoms with Crippen molar-refractivity contribution >= 4 is 39.8 Å². The van der Waals surface area contributed by atoms with Gasteiger partial charge in [0, 0.05) is 11.3 Å². The van der Waals surface area contributed by atoms with Crippen LogP contribution in [0.15, 0.2) is 66.8 Å². The van der Waals surface area contributed by atoms with Gasteiger partial charge in [-0.15, -0.1) is 0 Å². The summed E-state index contributed by atoms with van der Waals surface area (Å²) in [6.45, 7) is 8.69. The van der Waals surface area contributed by atoms with E-state index < -0.39 is 0 Å². The molecule has 0 heteroatoms. The Hall–Kier alpha value is -2.86. The summed E-state index contributed by atoms with van der Waals surface area (Å²) in [5.41, 5.74) is 5.66. The third-order valence-corrected chi connectivity index (χ3v) is 7.38. The van der Waals surface area contributed by atoms with Crippen LogP contribution >= 0.6 is 0 Å². The molecule has 0 amide bonds. The first kappa shape index (κ1) is 14.2. The molecule has 3 aromatic carbocycles. The molecule has 2 saturated carbocycles. The Morgan fingerprint density at radius 2 is 1.78 bits per heavy atom. The molecule has 0 nitrogen and oxygen atoms in total. The monoisotopic (exact) mass is 344 g/mol. The molecular formula is C27H20. The summed E-state index contributed by atoms with van der Waals surface area (Å²) in [4.78, 5) is 0. The Bertz CT molecular complexity index is 1410. The minimum Gasteiger partial charge on any atom is -0.0992 e. The molecule has 4 aliphatic carbocycles. The lowest BCUT2D eigenvalue weighted by molar-refractivity contribution is 0.463. The van der Waals surface area contributed by atoms with Gasteiger partial charge in [0.25, 0.3) is 0 Å². The summed E-state index contributed by atoms with van der Waals surface area (Å²) in [5, 5.41) is 8.52. The van der Waals surface area contributed by atoms with Gasteiger partial charge in [-0.25, -0.2) is 0 Å². The Morgan fingerprint density at radius 3 is 2.59 bits per heavy atom. The van der Waals surface area contributed by atoms with Gasteiger partial charge in [0.2, 0.25) is 0 Å². The van der Waals surface area contributed by atoms with Crippen LogP contribution in [-0.4, -0.2) is 0 Å². The highest BCUT2D eigenvalue weighted by Gasteiger charge is 2.44. The maximum atomic E-state index is 4.40. The normalized spacial score (nSPS) is 29.2. The van der Waals surface area contributed by atoms with Crippen molar-refractivity contribution in [1.29, 1.82) is 0 Å². The van der Waals surface area contributed by atoms with Crippen molar-refractivity contribution in [1.82, 2.24) is 0 Å². The second kappa shape index (κ2) is 4.34. The zero-order valence-electron chi connectivity index (χ0n) is 15.3. The molecule has 7 rings (SSSR count). The Balaban J connectivity index is 1.80. The fourth-order valence-corrected chi connectivity index (χ4v) is 5.89. The van der Waals surface area contributed by atoms with Crippen LogP contribution in [0.2, 0.25) is 0 Å². The molecule has 128 valence electrons. The van der Waals surface area contributed by atoms with Crippen LogP contribution in [0.5, 0.6) is 0 Å². The SMILES string of the molecule is C=C1CC2C=c3cccc4c5c6c(cccc6c(c34)C12)C=CC1(C=5)CC1=C.